The van der Waals surface area contributed by atoms with E-state index in [2.05, 4.69) is 31.1 Å². The van der Waals surface area contributed by atoms with Crippen molar-refractivity contribution >= 4 is 34.7 Å². The summed E-state index contributed by atoms with van der Waals surface area (Å²) >= 11 is 0. The van der Waals surface area contributed by atoms with Crippen LogP contribution in [0.25, 0.3) is 11.2 Å². The Morgan fingerprint density at radius 2 is 1.78 bits per heavy atom. The van der Waals surface area contributed by atoms with Gasteiger partial charge in [-0.15, -0.1) is 0 Å². The lowest BCUT2D eigenvalue weighted by atomic mass is 10.1. The number of amides is 2. The highest BCUT2D eigenvalue weighted by molar-refractivity contribution is 6.05. The van der Waals surface area contributed by atoms with Crippen LogP contribution >= 0.6 is 0 Å². The van der Waals surface area contributed by atoms with Gasteiger partial charge in [0.05, 0.1) is 17.4 Å². The fraction of sp³-hybridized carbons (Fsp3) is 0.148. The first-order chi connectivity index (χ1) is 18.0. The average molecular weight is 495 g/mol. The van der Waals surface area contributed by atoms with Gasteiger partial charge in [-0.05, 0) is 56.2 Å². The highest BCUT2D eigenvalue weighted by atomic mass is 16.2. The van der Waals surface area contributed by atoms with Gasteiger partial charge in [0, 0.05) is 30.1 Å². The number of rotatable bonds is 7. The van der Waals surface area contributed by atoms with E-state index in [4.69, 9.17) is 0 Å². The molecule has 37 heavy (non-hydrogen) atoms. The van der Waals surface area contributed by atoms with Gasteiger partial charge in [0.1, 0.15) is 17.7 Å². The van der Waals surface area contributed by atoms with Crippen LogP contribution in [-0.2, 0) is 0 Å². The Labute approximate surface area is 213 Å². The zero-order chi connectivity index (χ0) is 25.9. The molecule has 0 aliphatic carbocycles. The van der Waals surface area contributed by atoms with Crippen LogP contribution in [0.2, 0.25) is 0 Å². The smallest absolute Gasteiger partial charge is 0.256 e. The third kappa shape index (κ3) is 4.64. The molecule has 0 atom stereocenters. The van der Waals surface area contributed by atoms with Gasteiger partial charge in [0.25, 0.3) is 11.8 Å². The summed E-state index contributed by atoms with van der Waals surface area (Å²) in [7, 11) is 0. The lowest BCUT2D eigenvalue weighted by Gasteiger charge is -2.13. The summed E-state index contributed by atoms with van der Waals surface area (Å²) < 4.78 is 3.30. The summed E-state index contributed by atoms with van der Waals surface area (Å²) in [5.41, 5.74) is 4.93. The number of carbonyl (C=O) groups is 2. The van der Waals surface area contributed by atoms with Gasteiger partial charge in [-0.3, -0.25) is 9.59 Å². The molecule has 3 heterocycles. The number of anilines is 3. The molecule has 2 aromatic carbocycles. The lowest BCUT2D eigenvalue weighted by Crippen LogP contribution is -2.22. The second-order valence-electron chi connectivity index (χ2n) is 8.50. The molecule has 0 spiro atoms. The highest BCUT2D eigenvalue weighted by Gasteiger charge is 2.18. The number of hydrogen-bond donors (Lipinski definition) is 3. The van der Waals surface area contributed by atoms with Crippen LogP contribution in [0.3, 0.4) is 0 Å². The standard InChI is InChI=1S/C27H26N8O2/c1-4-28-27(37)21-15-34-24(18(21)3)25(29-16-31-34)32-22-14-19(11-10-17(22)2)26(36)33-23-12-13-30-35(23)20-8-6-5-7-9-20/h5-16H,4H2,1-3H3,(H,28,37)(H,33,36)(H,29,31,32). The molecule has 0 bridgehead atoms. The molecule has 0 aliphatic heterocycles. The molecule has 2 amide bonds. The van der Waals surface area contributed by atoms with Crippen LogP contribution in [0.5, 0.6) is 0 Å². The number of benzene rings is 2. The highest BCUT2D eigenvalue weighted by Crippen LogP contribution is 2.28. The molecule has 0 unspecified atom stereocenters. The predicted molar refractivity (Wildman–Crippen MR) is 142 cm³/mol. The van der Waals surface area contributed by atoms with Crippen molar-refractivity contribution in [3.05, 3.63) is 95.6 Å². The van der Waals surface area contributed by atoms with Crippen LogP contribution in [-0.4, -0.2) is 42.7 Å². The molecule has 0 saturated heterocycles. The van der Waals surface area contributed by atoms with E-state index in [1.54, 1.807) is 39.8 Å². The Balaban J connectivity index is 1.43. The second kappa shape index (κ2) is 9.94. The first kappa shape index (κ1) is 23.7. The fourth-order valence-electron chi connectivity index (χ4n) is 4.12. The molecule has 5 rings (SSSR count). The van der Waals surface area contributed by atoms with Crippen molar-refractivity contribution in [2.75, 3.05) is 17.2 Å². The number of para-hydroxylation sites is 1. The molecule has 0 radical (unpaired) electrons. The van der Waals surface area contributed by atoms with Gasteiger partial charge >= 0.3 is 0 Å². The summed E-state index contributed by atoms with van der Waals surface area (Å²) in [4.78, 5) is 30.1. The number of aromatic nitrogens is 5. The van der Waals surface area contributed by atoms with Crippen molar-refractivity contribution < 1.29 is 9.59 Å². The molecule has 186 valence electrons. The molecule has 0 fully saturated rings. The van der Waals surface area contributed by atoms with E-state index in [-0.39, 0.29) is 11.8 Å². The van der Waals surface area contributed by atoms with E-state index < -0.39 is 0 Å². The van der Waals surface area contributed by atoms with E-state index in [1.807, 2.05) is 57.2 Å². The minimum atomic E-state index is -0.272. The van der Waals surface area contributed by atoms with Gasteiger partial charge < -0.3 is 16.0 Å². The number of fused-ring (bicyclic) bond motifs is 1. The Kier molecular flexibility index (Phi) is 6.38. The van der Waals surface area contributed by atoms with E-state index >= 15 is 0 Å². The predicted octanol–water partition coefficient (Wildman–Crippen LogP) is 4.28. The maximum Gasteiger partial charge on any atom is 0.256 e. The summed E-state index contributed by atoms with van der Waals surface area (Å²) in [5.74, 6) is 0.656. The Bertz CT molecular complexity index is 1600. The van der Waals surface area contributed by atoms with Crippen molar-refractivity contribution in [2.24, 2.45) is 0 Å². The summed E-state index contributed by atoms with van der Waals surface area (Å²) in [6.45, 7) is 6.21. The van der Waals surface area contributed by atoms with Gasteiger partial charge in [-0.25, -0.2) is 14.2 Å². The first-order valence-corrected chi connectivity index (χ1v) is 11.9. The van der Waals surface area contributed by atoms with E-state index in [1.165, 1.54) is 6.33 Å². The number of aryl methyl sites for hydroxylation is 2. The zero-order valence-electron chi connectivity index (χ0n) is 20.7. The van der Waals surface area contributed by atoms with E-state index in [0.717, 1.165) is 16.8 Å². The second-order valence-corrected chi connectivity index (χ2v) is 8.50. The van der Waals surface area contributed by atoms with Gasteiger partial charge in [-0.2, -0.15) is 10.2 Å². The quantitative estimate of drug-likeness (QED) is 0.311. The van der Waals surface area contributed by atoms with Crippen molar-refractivity contribution in [3.8, 4) is 5.69 Å². The van der Waals surface area contributed by atoms with Crippen LogP contribution in [0.15, 0.2) is 73.3 Å². The van der Waals surface area contributed by atoms with Crippen molar-refractivity contribution in [3.63, 3.8) is 0 Å². The third-order valence-electron chi connectivity index (χ3n) is 6.05. The molecule has 10 heteroatoms. The molecule has 5 aromatic rings. The minimum Gasteiger partial charge on any atom is -0.352 e. The van der Waals surface area contributed by atoms with Gasteiger partial charge in [-0.1, -0.05) is 24.3 Å². The van der Waals surface area contributed by atoms with Gasteiger partial charge in [0.15, 0.2) is 5.82 Å². The first-order valence-electron chi connectivity index (χ1n) is 11.9. The van der Waals surface area contributed by atoms with Crippen molar-refractivity contribution in [2.45, 2.75) is 20.8 Å². The molecule has 3 N–H and O–H groups in total. The SMILES string of the molecule is CCNC(=O)c1cn2ncnc(Nc3cc(C(=O)Nc4ccnn4-c4ccccc4)ccc3C)c2c1C. The largest absolute Gasteiger partial charge is 0.352 e. The monoisotopic (exact) mass is 494 g/mol. The van der Waals surface area contributed by atoms with Crippen LogP contribution in [0, 0.1) is 13.8 Å². The number of carbonyl (C=O) groups excluding carboxylic acids is 2. The van der Waals surface area contributed by atoms with Crippen LogP contribution in [0.1, 0.15) is 38.8 Å². The molecule has 3 aromatic heterocycles. The maximum atomic E-state index is 13.2. The fourth-order valence-corrected chi connectivity index (χ4v) is 4.12. The van der Waals surface area contributed by atoms with Crippen LogP contribution in [0.4, 0.5) is 17.3 Å². The number of hydrogen-bond acceptors (Lipinski definition) is 6. The maximum absolute atomic E-state index is 13.2. The van der Waals surface area contributed by atoms with Gasteiger partial charge in [0.2, 0.25) is 0 Å². The Morgan fingerprint density at radius 1 is 0.973 bits per heavy atom. The summed E-state index contributed by atoms with van der Waals surface area (Å²) in [6.07, 6.45) is 4.75. The van der Waals surface area contributed by atoms with E-state index in [9.17, 15) is 9.59 Å². The zero-order valence-corrected chi connectivity index (χ0v) is 20.7. The Morgan fingerprint density at radius 3 is 2.57 bits per heavy atom. The van der Waals surface area contributed by atoms with Crippen LogP contribution < -0.4 is 16.0 Å². The molecule has 10 nitrogen and oxygen atoms in total. The minimum absolute atomic E-state index is 0.166. The number of nitrogens with one attached hydrogen (secondary N) is 3. The summed E-state index contributed by atoms with van der Waals surface area (Å²) in [5, 5.41) is 17.7. The molecule has 0 aliphatic rings. The third-order valence-corrected chi connectivity index (χ3v) is 6.05. The Hall–Kier alpha value is -4.99. The topological polar surface area (TPSA) is 118 Å². The average Bonchev–Trinajstić information content (AvgIpc) is 3.50. The molecular weight excluding hydrogens is 468 g/mol. The molecular formula is C27H26N8O2. The lowest BCUT2D eigenvalue weighted by molar-refractivity contribution is 0.0954. The van der Waals surface area contributed by atoms with Crippen molar-refractivity contribution in [1.29, 1.82) is 0 Å². The van der Waals surface area contributed by atoms with Crippen molar-refractivity contribution in [1.82, 2.24) is 29.7 Å². The normalized spacial score (nSPS) is 10.9. The summed E-state index contributed by atoms with van der Waals surface area (Å²) in [6, 6.07) is 16.7. The molecule has 0 saturated carbocycles. The number of nitrogens with zero attached hydrogens (tertiary/aromatic N) is 5. The van der Waals surface area contributed by atoms with E-state index in [0.29, 0.717) is 40.5 Å².